The van der Waals surface area contributed by atoms with Crippen molar-refractivity contribution in [2.24, 2.45) is 5.92 Å². The average Bonchev–Trinajstić information content (AvgIpc) is 3.43. The molecule has 6 nitrogen and oxygen atoms in total. The summed E-state index contributed by atoms with van der Waals surface area (Å²) in [6.45, 7) is 6.32. The lowest BCUT2D eigenvalue weighted by atomic mass is 9.86. The van der Waals surface area contributed by atoms with Crippen molar-refractivity contribution in [1.82, 2.24) is 4.90 Å². The van der Waals surface area contributed by atoms with Gasteiger partial charge in [0.15, 0.2) is 0 Å². The van der Waals surface area contributed by atoms with E-state index in [1.54, 1.807) is 24.3 Å². The standard InChI is InChI=1S/C36H37ClF2N2O4Si/c1-46(2,3)45-30-19-11-26(12-20-30)34(40-29-17-15-28(39)16-18-29)31(21-22-32(37)24-9-13-27(38)14-10-24)35(42)41-33(23-44-36(41)43)25-7-5-4-6-8-25/h4-20,31-34,40H,21-23H2,1-3H3/t31-,32+,33-,34-/m1/s1. The number of benzene rings is 4. The van der Waals surface area contributed by atoms with E-state index in [9.17, 15) is 18.4 Å². The molecular formula is C36H37ClF2N2O4Si. The number of alkyl halides is 1. The SMILES string of the molecule is C[Si](C)(C)Oc1ccc([C@@H](Nc2ccc(F)cc2)[C@@H](CC[C@H](Cl)c2ccc(F)cc2)C(=O)N2C(=O)OC[C@@H]2c2ccccc2)cc1. The maximum Gasteiger partial charge on any atom is 0.417 e. The van der Waals surface area contributed by atoms with Gasteiger partial charge in [-0.3, -0.25) is 4.79 Å². The summed E-state index contributed by atoms with van der Waals surface area (Å²) in [4.78, 5) is 29.0. The van der Waals surface area contributed by atoms with Gasteiger partial charge in [0.25, 0.3) is 0 Å². The first-order chi connectivity index (χ1) is 22.0. The van der Waals surface area contributed by atoms with Gasteiger partial charge in [-0.2, -0.15) is 0 Å². The van der Waals surface area contributed by atoms with Crippen LogP contribution in [0.3, 0.4) is 0 Å². The van der Waals surface area contributed by atoms with Crippen molar-refractivity contribution in [3.05, 3.63) is 131 Å². The largest absolute Gasteiger partial charge is 0.544 e. The summed E-state index contributed by atoms with van der Waals surface area (Å²) in [6, 6.07) is 27.4. The second-order valence-electron chi connectivity index (χ2n) is 12.3. The summed E-state index contributed by atoms with van der Waals surface area (Å²) in [5.74, 6) is -1.29. The molecule has 1 aliphatic heterocycles. The number of halogens is 3. The first-order valence-electron chi connectivity index (χ1n) is 15.2. The molecule has 4 aromatic rings. The highest BCUT2D eigenvalue weighted by atomic mass is 35.5. The molecule has 46 heavy (non-hydrogen) atoms. The molecule has 4 atom stereocenters. The topological polar surface area (TPSA) is 67.9 Å². The molecule has 0 bridgehead atoms. The Morgan fingerprint density at radius 1 is 0.891 bits per heavy atom. The van der Waals surface area contributed by atoms with Gasteiger partial charge in [-0.25, -0.2) is 18.5 Å². The number of hydrogen-bond donors (Lipinski definition) is 1. The summed E-state index contributed by atoms with van der Waals surface area (Å²) in [5.41, 5.74) is 2.85. The molecule has 0 unspecified atom stereocenters. The van der Waals surface area contributed by atoms with Gasteiger partial charge in [0, 0.05) is 5.69 Å². The number of cyclic esters (lactones) is 1. The van der Waals surface area contributed by atoms with Crippen molar-refractivity contribution in [1.29, 1.82) is 0 Å². The smallest absolute Gasteiger partial charge is 0.417 e. The second-order valence-corrected chi connectivity index (χ2v) is 17.3. The van der Waals surface area contributed by atoms with Gasteiger partial charge in [-0.1, -0.05) is 54.6 Å². The summed E-state index contributed by atoms with van der Waals surface area (Å²) in [6.07, 6.45) is -0.105. The summed E-state index contributed by atoms with van der Waals surface area (Å²) >= 11 is 6.82. The van der Waals surface area contributed by atoms with Gasteiger partial charge in [0.05, 0.1) is 17.3 Å². The predicted molar refractivity (Wildman–Crippen MR) is 178 cm³/mol. The summed E-state index contributed by atoms with van der Waals surface area (Å²) in [5, 5.41) is 2.92. The monoisotopic (exact) mass is 662 g/mol. The predicted octanol–water partition coefficient (Wildman–Crippen LogP) is 9.43. The van der Waals surface area contributed by atoms with Crippen LogP contribution in [-0.2, 0) is 9.53 Å². The Labute approximate surface area is 274 Å². The number of amides is 2. The maximum absolute atomic E-state index is 14.7. The lowest BCUT2D eigenvalue weighted by molar-refractivity contribution is -0.134. The molecule has 0 aromatic heterocycles. The highest BCUT2D eigenvalue weighted by molar-refractivity contribution is 6.70. The third-order valence-corrected chi connectivity index (χ3v) is 9.13. The number of anilines is 1. The van der Waals surface area contributed by atoms with Crippen molar-refractivity contribution in [3.63, 3.8) is 0 Å². The number of carbonyl (C=O) groups is 2. The van der Waals surface area contributed by atoms with Gasteiger partial charge >= 0.3 is 6.09 Å². The molecule has 1 saturated heterocycles. The number of hydrogen-bond acceptors (Lipinski definition) is 5. The Morgan fingerprint density at radius 3 is 2.09 bits per heavy atom. The van der Waals surface area contributed by atoms with Crippen molar-refractivity contribution in [2.75, 3.05) is 11.9 Å². The second kappa shape index (κ2) is 14.5. The van der Waals surface area contributed by atoms with E-state index in [2.05, 4.69) is 25.0 Å². The molecule has 1 fully saturated rings. The molecule has 0 radical (unpaired) electrons. The van der Waals surface area contributed by atoms with E-state index < -0.39 is 49.5 Å². The Hall–Kier alpha value is -4.21. The molecule has 240 valence electrons. The molecule has 0 aliphatic carbocycles. The normalized spacial score (nSPS) is 16.8. The first kappa shape index (κ1) is 33.2. The zero-order chi connectivity index (χ0) is 32.8. The van der Waals surface area contributed by atoms with Crippen LogP contribution in [0.4, 0.5) is 19.3 Å². The molecule has 1 aliphatic rings. The maximum atomic E-state index is 14.7. The molecule has 1 N–H and O–H groups in total. The van der Waals surface area contributed by atoms with Crippen molar-refractivity contribution >= 4 is 37.6 Å². The van der Waals surface area contributed by atoms with E-state index in [1.807, 2.05) is 54.6 Å². The number of carbonyl (C=O) groups excluding carboxylic acids is 2. The van der Waals surface area contributed by atoms with Crippen LogP contribution < -0.4 is 9.74 Å². The van der Waals surface area contributed by atoms with Crippen molar-refractivity contribution in [2.45, 2.75) is 49.9 Å². The first-order valence-corrected chi connectivity index (χ1v) is 19.1. The third-order valence-electron chi connectivity index (χ3n) is 7.81. The van der Waals surface area contributed by atoms with Crippen LogP contribution in [0.15, 0.2) is 103 Å². The van der Waals surface area contributed by atoms with Gasteiger partial charge in [0.1, 0.15) is 30.0 Å². The van der Waals surface area contributed by atoms with Crippen LogP contribution in [0.5, 0.6) is 5.75 Å². The lowest BCUT2D eigenvalue weighted by Gasteiger charge is -2.33. The van der Waals surface area contributed by atoms with E-state index in [4.69, 9.17) is 20.8 Å². The quantitative estimate of drug-likeness (QED) is 0.121. The molecule has 1 heterocycles. The molecular weight excluding hydrogens is 626 g/mol. The van der Waals surface area contributed by atoms with Crippen LogP contribution in [0.1, 0.15) is 47.0 Å². The Balaban J connectivity index is 1.54. The molecule has 2 amide bonds. The van der Waals surface area contributed by atoms with E-state index >= 15 is 0 Å². The minimum absolute atomic E-state index is 0.0355. The molecule has 10 heteroatoms. The fourth-order valence-electron chi connectivity index (χ4n) is 5.60. The molecule has 4 aromatic carbocycles. The van der Waals surface area contributed by atoms with Crippen LogP contribution in [0, 0.1) is 17.6 Å². The molecule has 0 spiro atoms. The van der Waals surface area contributed by atoms with Gasteiger partial charge in [-0.05, 0) is 97.7 Å². The number of ether oxygens (including phenoxy) is 1. The van der Waals surface area contributed by atoms with E-state index in [0.29, 0.717) is 17.7 Å². The highest BCUT2D eigenvalue weighted by Gasteiger charge is 2.44. The average molecular weight is 663 g/mol. The zero-order valence-corrected chi connectivity index (χ0v) is 27.7. The highest BCUT2D eigenvalue weighted by Crippen LogP contribution is 2.39. The van der Waals surface area contributed by atoms with E-state index in [1.165, 1.54) is 29.2 Å². The van der Waals surface area contributed by atoms with Crippen LogP contribution in [-0.4, -0.2) is 31.8 Å². The van der Waals surface area contributed by atoms with Crippen molar-refractivity contribution < 1.29 is 27.5 Å². The van der Waals surface area contributed by atoms with E-state index in [0.717, 1.165) is 16.9 Å². The number of imide groups is 1. The molecule has 5 rings (SSSR count). The van der Waals surface area contributed by atoms with Crippen molar-refractivity contribution in [3.8, 4) is 5.75 Å². The Bertz CT molecular complexity index is 1620. The number of rotatable bonds is 12. The Kier molecular flexibility index (Phi) is 10.4. The van der Waals surface area contributed by atoms with Crippen LogP contribution in [0.25, 0.3) is 0 Å². The summed E-state index contributed by atoms with van der Waals surface area (Å²) < 4.78 is 39.1. The van der Waals surface area contributed by atoms with Gasteiger partial charge in [-0.15, -0.1) is 11.6 Å². The molecule has 0 saturated carbocycles. The fourth-order valence-corrected chi connectivity index (χ4v) is 6.71. The van der Waals surface area contributed by atoms with Gasteiger partial charge < -0.3 is 14.5 Å². The Morgan fingerprint density at radius 2 is 1.48 bits per heavy atom. The minimum Gasteiger partial charge on any atom is -0.544 e. The number of nitrogens with zero attached hydrogens (tertiary/aromatic N) is 1. The fraction of sp³-hybridized carbons (Fsp3) is 0.278. The van der Waals surface area contributed by atoms with Gasteiger partial charge in [0.2, 0.25) is 14.2 Å². The summed E-state index contributed by atoms with van der Waals surface area (Å²) in [7, 11) is -1.88. The number of nitrogens with one attached hydrogen (secondary N) is 1. The third kappa shape index (κ3) is 8.33. The lowest BCUT2D eigenvalue weighted by Crippen LogP contribution is -2.42. The van der Waals surface area contributed by atoms with E-state index in [-0.39, 0.29) is 18.8 Å². The minimum atomic E-state index is -1.88. The zero-order valence-electron chi connectivity index (χ0n) is 26.0. The van der Waals surface area contributed by atoms with Crippen LogP contribution in [0.2, 0.25) is 19.6 Å². The van der Waals surface area contributed by atoms with Crippen LogP contribution >= 0.6 is 11.6 Å².